The zero-order chi connectivity index (χ0) is 13.3. The van der Waals surface area contributed by atoms with Crippen LogP contribution in [0.5, 0.6) is 0 Å². The molecule has 0 fully saturated rings. The van der Waals surface area contributed by atoms with Crippen LogP contribution < -0.4 is 0 Å². The minimum absolute atomic E-state index is 0.236. The predicted molar refractivity (Wildman–Crippen MR) is 74.8 cm³/mol. The van der Waals surface area contributed by atoms with Crippen molar-refractivity contribution in [2.24, 2.45) is 0 Å². The van der Waals surface area contributed by atoms with Crippen LogP contribution in [-0.4, -0.2) is 28.1 Å². The molecule has 0 aromatic carbocycles. The number of hydrogen-bond acceptors (Lipinski definition) is 4. The molecule has 0 N–H and O–H groups in total. The number of rotatable bonds is 0. The molecule has 1 amide bonds. The molecule has 0 unspecified atom stereocenters. The number of ether oxygens (including phenoxy) is 1. The standard InChI is InChI=1S/C12H17BrN2O2S/c1-12(2,3)17-11(16)15-6-4-5-8-9(7-15)18-10(13)14-8/h4-7H2,1-3H3. The first-order chi connectivity index (χ1) is 8.35. The molecule has 0 bridgehead atoms. The molecule has 2 heterocycles. The summed E-state index contributed by atoms with van der Waals surface area (Å²) in [4.78, 5) is 19.4. The Morgan fingerprint density at radius 1 is 1.50 bits per heavy atom. The molecule has 1 aliphatic rings. The van der Waals surface area contributed by atoms with Crippen molar-refractivity contribution < 1.29 is 9.53 Å². The normalized spacial score (nSPS) is 16.1. The molecule has 0 atom stereocenters. The first kappa shape index (κ1) is 13.8. The van der Waals surface area contributed by atoms with Crippen molar-refractivity contribution in [3.63, 3.8) is 0 Å². The topological polar surface area (TPSA) is 42.4 Å². The molecule has 1 aliphatic heterocycles. The van der Waals surface area contributed by atoms with E-state index in [0.717, 1.165) is 33.9 Å². The van der Waals surface area contributed by atoms with Crippen LogP contribution in [0.3, 0.4) is 0 Å². The number of hydrogen-bond donors (Lipinski definition) is 0. The Labute approximate surface area is 119 Å². The average Bonchev–Trinajstić information content (AvgIpc) is 2.43. The van der Waals surface area contributed by atoms with Gasteiger partial charge in [0, 0.05) is 11.4 Å². The van der Waals surface area contributed by atoms with E-state index in [1.54, 1.807) is 16.2 Å². The number of carbonyl (C=O) groups is 1. The summed E-state index contributed by atoms with van der Waals surface area (Å²) < 4.78 is 6.30. The Balaban J connectivity index is 2.09. The number of aryl methyl sites for hydroxylation is 1. The SMILES string of the molecule is CC(C)(C)OC(=O)N1CCCc2nc(Br)sc2C1. The van der Waals surface area contributed by atoms with Gasteiger partial charge < -0.3 is 9.64 Å². The van der Waals surface area contributed by atoms with E-state index in [1.165, 1.54) is 0 Å². The molecule has 0 saturated carbocycles. The summed E-state index contributed by atoms with van der Waals surface area (Å²) in [6, 6.07) is 0. The molecule has 100 valence electrons. The summed E-state index contributed by atoms with van der Waals surface area (Å²) >= 11 is 5.00. The summed E-state index contributed by atoms with van der Waals surface area (Å²) in [6.07, 6.45) is 1.62. The fourth-order valence-electron chi connectivity index (χ4n) is 1.84. The van der Waals surface area contributed by atoms with E-state index in [9.17, 15) is 4.79 Å². The maximum atomic E-state index is 12.1. The maximum Gasteiger partial charge on any atom is 0.410 e. The van der Waals surface area contributed by atoms with E-state index in [2.05, 4.69) is 20.9 Å². The highest BCUT2D eigenvalue weighted by Gasteiger charge is 2.25. The highest BCUT2D eigenvalue weighted by atomic mass is 79.9. The molecule has 4 nitrogen and oxygen atoms in total. The number of thiazole rings is 1. The van der Waals surface area contributed by atoms with Gasteiger partial charge in [0.2, 0.25) is 0 Å². The molecule has 6 heteroatoms. The van der Waals surface area contributed by atoms with E-state index in [-0.39, 0.29) is 6.09 Å². The number of nitrogens with zero attached hydrogens (tertiary/aromatic N) is 2. The van der Waals surface area contributed by atoms with Gasteiger partial charge in [-0.1, -0.05) is 0 Å². The quantitative estimate of drug-likeness (QED) is 0.729. The van der Waals surface area contributed by atoms with E-state index in [0.29, 0.717) is 6.54 Å². The van der Waals surface area contributed by atoms with E-state index in [4.69, 9.17) is 4.74 Å². The zero-order valence-corrected chi connectivity index (χ0v) is 13.2. The molecule has 0 spiro atoms. The van der Waals surface area contributed by atoms with Gasteiger partial charge in [-0.05, 0) is 49.5 Å². The van der Waals surface area contributed by atoms with Crippen LogP contribution in [0, 0.1) is 0 Å². The Morgan fingerprint density at radius 3 is 2.89 bits per heavy atom. The Kier molecular flexibility index (Phi) is 3.96. The fourth-order valence-corrected chi connectivity index (χ4v) is 3.49. The summed E-state index contributed by atoms with van der Waals surface area (Å²) in [5.74, 6) is 0. The van der Waals surface area contributed by atoms with Crippen molar-refractivity contribution in [1.29, 1.82) is 0 Å². The number of aromatic nitrogens is 1. The third-order valence-corrected chi connectivity index (χ3v) is 4.11. The molecule has 1 aromatic rings. The van der Waals surface area contributed by atoms with Gasteiger partial charge in [0.15, 0.2) is 3.92 Å². The lowest BCUT2D eigenvalue weighted by atomic mass is 10.2. The van der Waals surface area contributed by atoms with Crippen molar-refractivity contribution in [3.05, 3.63) is 14.5 Å². The molecular formula is C12H17BrN2O2S. The van der Waals surface area contributed by atoms with Crippen LogP contribution in [0.1, 0.15) is 37.8 Å². The third-order valence-electron chi connectivity index (χ3n) is 2.58. The molecular weight excluding hydrogens is 316 g/mol. The average molecular weight is 333 g/mol. The maximum absolute atomic E-state index is 12.1. The zero-order valence-electron chi connectivity index (χ0n) is 10.8. The first-order valence-corrected chi connectivity index (χ1v) is 7.58. The third kappa shape index (κ3) is 3.45. The lowest BCUT2D eigenvalue weighted by molar-refractivity contribution is 0.0238. The van der Waals surface area contributed by atoms with Gasteiger partial charge in [0.05, 0.1) is 12.2 Å². The van der Waals surface area contributed by atoms with Crippen molar-refractivity contribution in [2.45, 2.75) is 45.8 Å². The van der Waals surface area contributed by atoms with Crippen LogP contribution in [0.25, 0.3) is 0 Å². The van der Waals surface area contributed by atoms with Gasteiger partial charge in [-0.25, -0.2) is 9.78 Å². The lowest BCUT2D eigenvalue weighted by Gasteiger charge is -2.26. The monoisotopic (exact) mass is 332 g/mol. The Bertz CT molecular complexity index is 453. The molecule has 2 rings (SSSR count). The Morgan fingerprint density at radius 2 is 2.22 bits per heavy atom. The summed E-state index contributed by atoms with van der Waals surface area (Å²) in [6.45, 7) is 7.00. The Hall–Kier alpha value is -0.620. The minimum Gasteiger partial charge on any atom is -0.444 e. The van der Waals surface area contributed by atoms with Gasteiger partial charge >= 0.3 is 6.09 Å². The van der Waals surface area contributed by atoms with Gasteiger partial charge in [0.25, 0.3) is 0 Å². The highest BCUT2D eigenvalue weighted by molar-refractivity contribution is 9.11. The lowest BCUT2D eigenvalue weighted by Crippen LogP contribution is -2.36. The van der Waals surface area contributed by atoms with Crippen LogP contribution in [0.2, 0.25) is 0 Å². The van der Waals surface area contributed by atoms with E-state index >= 15 is 0 Å². The van der Waals surface area contributed by atoms with E-state index in [1.807, 2.05) is 20.8 Å². The van der Waals surface area contributed by atoms with Crippen LogP contribution in [0.15, 0.2) is 3.92 Å². The summed E-state index contributed by atoms with van der Waals surface area (Å²) in [5.41, 5.74) is 0.665. The molecule has 0 saturated heterocycles. The van der Waals surface area contributed by atoms with Crippen molar-refractivity contribution in [3.8, 4) is 0 Å². The van der Waals surface area contributed by atoms with Gasteiger partial charge in [0.1, 0.15) is 5.60 Å². The van der Waals surface area contributed by atoms with Crippen LogP contribution >= 0.6 is 27.3 Å². The van der Waals surface area contributed by atoms with Gasteiger partial charge in [-0.3, -0.25) is 0 Å². The minimum atomic E-state index is -0.444. The fraction of sp³-hybridized carbons (Fsp3) is 0.667. The second kappa shape index (κ2) is 5.17. The second-order valence-corrected chi connectivity index (χ2v) is 7.70. The van der Waals surface area contributed by atoms with Crippen molar-refractivity contribution in [1.82, 2.24) is 9.88 Å². The second-order valence-electron chi connectivity index (χ2n) is 5.34. The number of carbonyl (C=O) groups excluding carboxylic acids is 1. The predicted octanol–water partition coefficient (Wildman–Crippen LogP) is 3.59. The van der Waals surface area contributed by atoms with Crippen LogP contribution in [0.4, 0.5) is 4.79 Å². The van der Waals surface area contributed by atoms with Gasteiger partial charge in [-0.2, -0.15) is 0 Å². The number of amides is 1. The highest BCUT2D eigenvalue weighted by Crippen LogP contribution is 2.28. The van der Waals surface area contributed by atoms with Crippen molar-refractivity contribution in [2.75, 3.05) is 6.54 Å². The first-order valence-electron chi connectivity index (χ1n) is 5.97. The van der Waals surface area contributed by atoms with E-state index < -0.39 is 5.60 Å². The molecule has 1 aromatic heterocycles. The smallest absolute Gasteiger partial charge is 0.410 e. The molecule has 18 heavy (non-hydrogen) atoms. The van der Waals surface area contributed by atoms with Crippen molar-refractivity contribution >= 4 is 33.4 Å². The number of fused-ring (bicyclic) bond motifs is 1. The number of halogens is 1. The van der Waals surface area contributed by atoms with Gasteiger partial charge in [-0.15, -0.1) is 11.3 Å². The molecule has 0 aliphatic carbocycles. The van der Waals surface area contributed by atoms with Crippen LogP contribution in [-0.2, 0) is 17.7 Å². The molecule has 0 radical (unpaired) electrons. The largest absolute Gasteiger partial charge is 0.444 e. The summed E-state index contributed by atoms with van der Waals surface area (Å²) in [5, 5.41) is 0. The summed E-state index contributed by atoms with van der Waals surface area (Å²) in [7, 11) is 0.